The first-order valence-electron chi connectivity index (χ1n) is 5.94. The first-order chi connectivity index (χ1) is 9.82. The number of aromatic nitrogens is 1. The zero-order valence-corrected chi connectivity index (χ0v) is 11.7. The number of alkyl halides is 3. The van der Waals surface area contributed by atoms with Crippen LogP contribution >= 0.6 is 11.3 Å². The minimum Gasteiger partial charge on any atom is -0.462 e. The number of carbonyl (C=O) groups is 1. The molecule has 0 atom stereocenters. The average molecular weight is 311 g/mol. The van der Waals surface area contributed by atoms with Crippen LogP contribution in [0.4, 0.5) is 13.2 Å². The van der Waals surface area contributed by atoms with Crippen LogP contribution in [0.5, 0.6) is 0 Å². The molecular formula is C13H9BF3NO2S. The van der Waals surface area contributed by atoms with Crippen LogP contribution in [0.1, 0.15) is 22.3 Å². The Bertz CT molecular complexity index is 652. The molecule has 0 bridgehead atoms. The van der Waals surface area contributed by atoms with Crippen molar-refractivity contribution in [1.29, 1.82) is 0 Å². The Kier molecular flexibility index (Phi) is 4.36. The molecule has 0 aliphatic carbocycles. The van der Waals surface area contributed by atoms with Crippen molar-refractivity contribution in [2.75, 3.05) is 6.61 Å². The molecule has 0 amide bonds. The van der Waals surface area contributed by atoms with Gasteiger partial charge in [0.05, 0.1) is 6.61 Å². The number of esters is 1. The Morgan fingerprint density at radius 1 is 1.33 bits per heavy atom. The van der Waals surface area contributed by atoms with Crippen molar-refractivity contribution < 1.29 is 22.7 Å². The highest BCUT2D eigenvalue weighted by atomic mass is 32.1. The van der Waals surface area contributed by atoms with Gasteiger partial charge in [-0.2, -0.15) is 13.2 Å². The molecule has 3 nitrogen and oxygen atoms in total. The fourth-order valence-corrected chi connectivity index (χ4v) is 2.58. The van der Waals surface area contributed by atoms with Gasteiger partial charge in [-0.25, -0.2) is 9.78 Å². The second-order valence-electron chi connectivity index (χ2n) is 4.04. The third-order valence-electron chi connectivity index (χ3n) is 2.51. The van der Waals surface area contributed by atoms with Crippen molar-refractivity contribution >= 4 is 30.6 Å². The van der Waals surface area contributed by atoms with Crippen LogP contribution in [0.2, 0.25) is 0 Å². The number of hydrogen-bond donors (Lipinski definition) is 0. The fourth-order valence-electron chi connectivity index (χ4n) is 1.60. The second kappa shape index (κ2) is 5.89. The topological polar surface area (TPSA) is 39.2 Å². The van der Waals surface area contributed by atoms with E-state index in [4.69, 9.17) is 7.85 Å². The van der Waals surface area contributed by atoms with E-state index in [0.717, 1.165) is 0 Å². The molecule has 0 fully saturated rings. The molecule has 2 rings (SSSR count). The lowest BCUT2D eigenvalue weighted by atomic mass is 9.95. The third kappa shape index (κ3) is 3.44. The SMILES string of the molecule is [B]c1ccc(-c2nc(C(F)(F)F)c(C(=O)OCC)s2)cc1. The van der Waals surface area contributed by atoms with E-state index in [1.165, 1.54) is 6.92 Å². The minimum absolute atomic E-state index is 0.00870. The van der Waals surface area contributed by atoms with Crippen molar-refractivity contribution in [2.45, 2.75) is 13.1 Å². The quantitative estimate of drug-likeness (QED) is 0.646. The summed E-state index contributed by atoms with van der Waals surface area (Å²) in [4.78, 5) is 14.6. The molecule has 0 unspecified atom stereocenters. The van der Waals surface area contributed by atoms with Gasteiger partial charge in [0, 0.05) is 5.56 Å². The monoisotopic (exact) mass is 311 g/mol. The first kappa shape index (κ1) is 15.6. The predicted molar refractivity (Wildman–Crippen MR) is 73.9 cm³/mol. The van der Waals surface area contributed by atoms with Crippen LogP contribution in [0.25, 0.3) is 10.6 Å². The van der Waals surface area contributed by atoms with Crippen molar-refractivity contribution in [3.8, 4) is 10.6 Å². The normalized spacial score (nSPS) is 11.4. The number of rotatable bonds is 3. The van der Waals surface area contributed by atoms with E-state index in [1.807, 2.05) is 0 Å². The van der Waals surface area contributed by atoms with E-state index < -0.39 is 22.7 Å². The Morgan fingerprint density at radius 3 is 2.48 bits per heavy atom. The maximum absolute atomic E-state index is 13.0. The number of nitrogens with zero attached hydrogens (tertiary/aromatic N) is 1. The van der Waals surface area contributed by atoms with Gasteiger partial charge in [0.1, 0.15) is 17.7 Å². The number of halogens is 3. The minimum atomic E-state index is -4.72. The van der Waals surface area contributed by atoms with Crippen LogP contribution < -0.4 is 5.46 Å². The van der Waals surface area contributed by atoms with E-state index in [1.54, 1.807) is 24.3 Å². The summed E-state index contributed by atoms with van der Waals surface area (Å²) in [7, 11) is 5.53. The molecule has 0 N–H and O–H groups in total. The van der Waals surface area contributed by atoms with Crippen LogP contribution in [0.15, 0.2) is 24.3 Å². The summed E-state index contributed by atoms with van der Waals surface area (Å²) < 4.78 is 43.5. The highest BCUT2D eigenvalue weighted by Gasteiger charge is 2.40. The molecule has 2 radical (unpaired) electrons. The summed E-state index contributed by atoms with van der Waals surface area (Å²) in [5, 5.41) is 0.0883. The molecule has 21 heavy (non-hydrogen) atoms. The second-order valence-corrected chi connectivity index (χ2v) is 5.04. The number of thiazole rings is 1. The molecular weight excluding hydrogens is 302 g/mol. The van der Waals surface area contributed by atoms with Crippen LogP contribution in [0, 0.1) is 0 Å². The molecule has 2 aromatic rings. The zero-order valence-electron chi connectivity index (χ0n) is 10.9. The first-order valence-corrected chi connectivity index (χ1v) is 6.75. The van der Waals surface area contributed by atoms with Crippen LogP contribution in [0.3, 0.4) is 0 Å². The van der Waals surface area contributed by atoms with Crippen LogP contribution in [-0.4, -0.2) is 25.4 Å². The smallest absolute Gasteiger partial charge is 0.435 e. The van der Waals surface area contributed by atoms with Gasteiger partial charge in [-0.05, 0) is 6.92 Å². The Morgan fingerprint density at radius 2 is 1.95 bits per heavy atom. The number of benzene rings is 1. The van der Waals surface area contributed by atoms with Gasteiger partial charge in [-0.1, -0.05) is 29.7 Å². The van der Waals surface area contributed by atoms with E-state index in [0.29, 0.717) is 22.4 Å². The van der Waals surface area contributed by atoms with Gasteiger partial charge in [0.25, 0.3) is 0 Å². The lowest BCUT2D eigenvalue weighted by Crippen LogP contribution is -2.13. The van der Waals surface area contributed by atoms with Crippen molar-refractivity contribution in [3.05, 3.63) is 34.8 Å². The molecule has 0 spiro atoms. The summed E-state index contributed by atoms with van der Waals surface area (Å²) in [6.45, 7) is 1.51. The summed E-state index contributed by atoms with van der Waals surface area (Å²) in [5.41, 5.74) is -0.287. The maximum Gasteiger partial charge on any atom is 0.435 e. The maximum atomic E-state index is 13.0. The van der Waals surface area contributed by atoms with Gasteiger partial charge in [-0.3, -0.25) is 0 Å². The highest BCUT2D eigenvalue weighted by molar-refractivity contribution is 7.17. The van der Waals surface area contributed by atoms with Crippen molar-refractivity contribution in [2.24, 2.45) is 0 Å². The largest absolute Gasteiger partial charge is 0.462 e. The molecule has 108 valence electrons. The number of hydrogen-bond acceptors (Lipinski definition) is 4. The molecule has 0 aliphatic rings. The van der Waals surface area contributed by atoms with E-state index >= 15 is 0 Å². The number of ether oxygens (including phenoxy) is 1. The molecule has 8 heteroatoms. The molecule has 0 aliphatic heterocycles. The van der Waals surface area contributed by atoms with Crippen molar-refractivity contribution in [1.82, 2.24) is 4.98 Å². The van der Waals surface area contributed by atoms with Gasteiger partial charge in [0.2, 0.25) is 0 Å². The highest BCUT2D eigenvalue weighted by Crippen LogP contribution is 2.37. The van der Waals surface area contributed by atoms with Crippen LogP contribution in [-0.2, 0) is 10.9 Å². The van der Waals surface area contributed by atoms with E-state index in [9.17, 15) is 18.0 Å². The summed E-state index contributed by atoms with van der Waals surface area (Å²) >= 11 is 0.647. The zero-order chi connectivity index (χ0) is 15.6. The van der Waals surface area contributed by atoms with E-state index in [2.05, 4.69) is 9.72 Å². The van der Waals surface area contributed by atoms with Gasteiger partial charge in [0.15, 0.2) is 5.69 Å². The number of carbonyl (C=O) groups excluding carboxylic acids is 1. The molecule has 1 aromatic heterocycles. The van der Waals surface area contributed by atoms with Gasteiger partial charge < -0.3 is 4.74 Å². The average Bonchev–Trinajstić information content (AvgIpc) is 2.85. The third-order valence-corrected chi connectivity index (χ3v) is 3.60. The van der Waals surface area contributed by atoms with Gasteiger partial charge in [-0.15, -0.1) is 11.3 Å². The Hall–Kier alpha value is -1.83. The lowest BCUT2D eigenvalue weighted by Gasteiger charge is -2.05. The molecule has 0 saturated heterocycles. The van der Waals surface area contributed by atoms with Crippen molar-refractivity contribution in [3.63, 3.8) is 0 Å². The fraction of sp³-hybridized carbons (Fsp3) is 0.231. The molecule has 0 saturated carbocycles. The van der Waals surface area contributed by atoms with E-state index in [-0.39, 0.29) is 11.6 Å². The molecule has 1 aromatic carbocycles. The Balaban J connectivity index is 2.50. The standard InChI is InChI=1S/C13H9BF3NO2S/c1-2-20-12(19)9-10(13(15,16)17)18-11(21-9)7-3-5-8(14)6-4-7/h3-6H,2H2,1H3. The molecule has 1 heterocycles. The lowest BCUT2D eigenvalue weighted by molar-refractivity contribution is -0.141. The predicted octanol–water partition coefficient (Wildman–Crippen LogP) is 2.80. The summed E-state index contributed by atoms with van der Waals surface area (Å²) in [6, 6.07) is 6.19. The summed E-state index contributed by atoms with van der Waals surface area (Å²) in [6.07, 6.45) is -4.72. The Labute approximate surface area is 124 Å². The van der Waals surface area contributed by atoms with Gasteiger partial charge >= 0.3 is 12.1 Å². The summed E-state index contributed by atoms with van der Waals surface area (Å²) in [5.74, 6) is -1.02.